The lowest BCUT2D eigenvalue weighted by Crippen LogP contribution is -2.12. The Kier molecular flexibility index (Phi) is 3.96. The molecule has 3 aromatic rings. The zero-order valence-electron chi connectivity index (χ0n) is 12.4. The van der Waals surface area contributed by atoms with Crippen LogP contribution in [0, 0.1) is 12.7 Å². The van der Waals surface area contributed by atoms with Crippen LogP contribution < -0.4 is 10.1 Å². The Morgan fingerprint density at radius 2 is 2.04 bits per heavy atom. The van der Waals surface area contributed by atoms with Crippen molar-refractivity contribution in [3.05, 3.63) is 58.6 Å². The lowest BCUT2D eigenvalue weighted by molar-refractivity contribution is 0.0998. The minimum absolute atomic E-state index is 0.119. The molecule has 0 aliphatic rings. The molecule has 2 aromatic carbocycles. The van der Waals surface area contributed by atoms with E-state index in [1.54, 1.807) is 32.2 Å². The van der Waals surface area contributed by atoms with E-state index in [4.69, 9.17) is 20.8 Å². The quantitative estimate of drug-likeness (QED) is 0.749. The number of aryl methyl sites for hydroxylation is 1. The molecule has 1 N–H and O–H groups in total. The van der Waals surface area contributed by atoms with E-state index in [-0.39, 0.29) is 10.8 Å². The van der Waals surface area contributed by atoms with Gasteiger partial charge in [-0.25, -0.2) is 4.39 Å². The second kappa shape index (κ2) is 5.93. The van der Waals surface area contributed by atoms with Crippen molar-refractivity contribution in [2.45, 2.75) is 6.92 Å². The molecule has 1 amide bonds. The molecule has 0 atom stereocenters. The molecule has 6 heteroatoms. The van der Waals surface area contributed by atoms with Crippen LogP contribution in [-0.2, 0) is 0 Å². The first-order valence-corrected chi connectivity index (χ1v) is 7.21. The van der Waals surface area contributed by atoms with Crippen molar-refractivity contribution in [3.63, 3.8) is 0 Å². The molecule has 1 heterocycles. The van der Waals surface area contributed by atoms with Gasteiger partial charge in [0.25, 0.3) is 5.91 Å². The lowest BCUT2D eigenvalue weighted by atomic mass is 10.1. The average molecular weight is 334 g/mol. The van der Waals surface area contributed by atoms with Crippen LogP contribution in [-0.4, -0.2) is 13.0 Å². The van der Waals surface area contributed by atoms with Crippen molar-refractivity contribution >= 4 is 34.2 Å². The van der Waals surface area contributed by atoms with E-state index in [1.807, 2.05) is 0 Å². The molecule has 0 aliphatic heterocycles. The van der Waals surface area contributed by atoms with E-state index in [2.05, 4.69) is 5.32 Å². The van der Waals surface area contributed by atoms with Crippen LogP contribution in [0.3, 0.4) is 0 Å². The zero-order valence-corrected chi connectivity index (χ0v) is 13.2. The summed E-state index contributed by atoms with van der Waals surface area (Å²) in [6, 6.07) is 9.05. The number of methoxy groups -OCH3 is 1. The smallest absolute Gasteiger partial charge is 0.291 e. The van der Waals surface area contributed by atoms with Crippen LogP contribution in [0.5, 0.6) is 5.75 Å². The SMILES string of the molecule is COc1ccc2oc(C(=O)Nc3ccc(F)cc3Cl)c(C)c2c1. The number of carbonyl (C=O) groups is 1. The summed E-state index contributed by atoms with van der Waals surface area (Å²) in [5, 5.41) is 3.53. The Bertz CT molecular complexity index is 904. The van der Waals surface area contributed by atoms with Gasteiger partial charge < -0.3 is 14.5 Å². The van der Waals surface area contributed by atoms with Gasteiger partial charge in [-0.05, 0) is 43.3 Å². The summed E-state index contributed by atoms with van der Waals surface area (Å²) in [5.41, 5.74) is 1.59. The topological polar surface area (TPSA) is 51.5 Å². The van der Waals surface area contributed by atoms with Crippen LogP contribution in [0.15, 0.2) is 40.8 Å². The van der Waals surface area contributed by atoms with Crippen LogP contribution in [0.4, 0.5) is 10.1 Å². The molecular weight excluding hydrogens is 321 g/mol. The van der Waals surface area contributed by atoms with Crippen molar-refractivity contribution in [1.82, 2.24) is 0 Å². The van der Waals surface area contributed by atoms with Crippen LogP contribution in [0.1, 0.15) is 16.1 Å². The van der Waals surface area contributed by atoms with Gasteiger partial charge in [0.15, 0.2) is 5.76 Å². The molecule has 0 spiro atoms. The summed E-state index contributed by atoms with van der Waals surface area (Å²) in [5.74, 6) is -0.0743. The van der Waals surface area contributed by atoms with E-state index in [0.717, 1.165) is 11.5 Å². The number of hydrogen-bond acceptors (Lipinski definition) is 3. The first kappa shape index (κ1) is 15.4. The fourth-order valence-corrected chi connectivity index (χ4v) is 2.53. The Balaban J connectivity index is 1.96. The fraction of sp³-hybridized carbons (Fsp3) is 0.118. The van der Waals surface area contributed by atoms with Gasteiger partial charge in [0.2, 0.25) is 0 Å². The van der Waals surface area contributed by atoms with E-state index in [0.29, 0.717) is 22.6 Å². The summed E-state index contributed by atoms with van der Waals surface area (Å²) in [6.07, 6.45) is 0. The monoisotopic (exact) mass is 333 g/mol. The highest BCUT2D eigenvalue weighted by Gasteiger charge is 2.19. The van der Waals surface area contributed by atoms with E-state index in [1.165, 1.54) is 12.1 Å². The summed E-state index contributed by atoms with van der Waals surface area (Å²) in [6.45, 7) is 1.78. The van der Waals surface area contributed by atoms with Gasteiger partial charge in [0, 0.05) is 10.9 Å². The second-order valence-corrected chi connectivity index (χ2v) is 5.40. The number of anilines is 1. The standard InChI is InChI=1S/C17H13ClFNO3/c1-9-12-8-11(22-2)4-6-15(12)23-16(9)17(21)20-14-5-3-10(19)7-13(14)18/h3-8H,1-2H3,(H,20,21). The van der Waals surface area contributed by atoms with Crippen LogP contribution >= 0.6 is 11.6 Å². The van der Waals surface area contributed by atoms with Gasteiger partial charge in [0.1, 0.15) is 17.1 Å². The fourth-order valence-electron chi connectivity index (χ4n) is 2.31. The molecule has 3 rings (SSSR count). The molecule has 1 aromatic heterocycles. The van der Waals surface area contributed by atoms with Crippen molar-refractivity contribution < 1.29 is 18.3 Å². The first-order chi connectivity index (χ1) is 11.0. The Labute approximate surface area is 136 Å². The molecule has 0 unspecified atom stereocenters. The Hall–Kier alpha value is -2.53. The molecule has 0 saturated heterocycles. The number of ether oxygens (including phenoxy) is 1. The maximum Gasteiger partial charge on any atom is 0.291 e. The summed E-state index contributed by atoms with van der Waals surface area (Å²) < 4.78 is 23.8. The predicted molar refractivity (Wildman–Crippen MR) is 86.9 cm³/mol. The van der Waals surface area contributed by atoms with Crippen molar-refractivity contribution in [2.75, 3.05) is 12.4 Å². The number of halogens is 2. The maximum atomic E-state index is 13.1. The van der Waals surface area contributed by atoms with Crippen molar-refractivity contribution in [1.29, 1.82) is 0 Å². The second-order valence-electron chi connectivity index (χ2n) is 5.00. The number of furan rings is 1. The number of benzene rings is 2. The first-order valence-electron chi connectivity index (χ1n) is 6.83. The van der Waals surface area contributed by atoms with Gasteiger partial charge in [-0.1, -0.05) is 11.6 Å². The molecule has 118 valence electrons. The molecule has 23 heavy (non-hydrogen) atoms. The Morgan fingerprint density at radius 3 is 2.74 bits per heavy atom. The maximum absolute atomic E-state index is 13.1. The van der Waals surface area contributed by atoms with E-state index < -0.39 is 11.7 Å². The van der Waals surface area contributed by atoms with Gasteiger partial charge >= 0.3 is 0 Å². The van der Waals surface area contributed by atoms with E-state index >= 15 is 0 Å². The van der Waals surface area contributed by atoms with Crippen molar-refractivity contribution in [2.24, 2.45) is 0 Å². The Morgan fingerprint density at radius 1 is 1.26 bits per heavy atom. The third kappa shape index (κ3) is 2.87. The average Bonchev–Trinajstić information content (AvgIpc) is 2.86. The number of rotatable bonds is 3. The number of carbonyl (C=O) groups excluding carboxylic acids is 1. The molecule has 4 nitrogen and oxygen atoms in total. The van der Waals surface area contributed by atoms with Crippen LogP contribution in [0.2, 0.25) is 5.02 Å². The number of nitrogens with one attached hydrogen (secondary N) is 1. The normalized spacial score (nSPS) is 10.8. The molecule has 0 bridgehead atoms. The van der Waals surface area contributed by atoms with Gasteiger partial charge in [0.05, 0.1) is 17.8 Å². The molecule has 0 aliphatic carbocycles. The number of amides is 1. The minimum Gasteiger partial charge on any atom is -0.497 e. The van der Waals surface area contributed by atoms with Gasteiger partial charge in [-0.2, -0.15) is 0 Å². The summed E-state index contributed by atoms with van der Waals surface area (Å²) >= 11 is 5.92. The zero-order chi connectivity index (χ0) is 16.6. The minimum atomic E-state index is -0.472. The largest absolute Gasteiger partial charge is 0.497 e. The summed E-state index contributed by atoms with van der Waals surface area (Å²) in [7, 11) is 1.57. The molecule has 0 fully saturated rings. The highest BCUT2D eigenvalue weighted by molar-refractivity contribution is 6.33. The molecular formula is C17H13ClFNO3. The predicted octanol–water partition coefficient (Wildman–Crippen LogP) is 4.79. The molecule has 0 saturated carbocycles. The highest BCUT2D eigenvalue weighted by atomic mass is 35.5. The third-order valence-electron chi connectivity index (χ3n) is 3.53. The number of hydrogen-bond donors (Lipinski definition) is 1. The lowest BCUT2D eigenvalue weighted by Gasteiger charge is -2.06. The van der Waals surface area contributed by atoms with E-state index in [9.17, 15) is 9.18 Å². The van der Waals surface area contributed by atoms with Gasteiger partial charge in [-0.15, -0.1) is 0 Å². The van der Waals surface area contributed by atoms with Crippen molar-refractivity contribution in [3.8, 4) is 5.75 Å². The summed E-state index contributed by atoms with van der Waals surface area (Å²) in [4.78, 5) is 12.4. The highest BCUT2D eigenvalue weighted by Crippen LogP contribution is 2.30. The number of fused-ring (bicyclic) bond motifs is 1. The van der Waals surface area contributed by atoms with Gasteiger partial charge in [-0.3, -0.25) is 4.79 Å². The third-order valence-corrected chi connectivity index (χ3v) is 3.84. The van der Waals surface area contributed by atoms with Crippen LogP contribution in [0.25, 0.3) is 11.0 Å². The molecule has 0 radical (unpaired) electrons.